The van der Waals surface area contributed by atoms with Gasteiger partial charge in [-0.2, -0.15) is 0 Å². The largest absolute Gasteiger partial charge is 0.337 e. The average molecular weight is 385 g/mol. The Morgan fingerprint density at radius 2 is 1.67 bits per heavy atom. The molecular weight excluding hydrogens is 356 g/mol. The zero-order chi connectivity index (χ0) is 19.4. The minimum Gasteiger partial charge on any atom is -0.337 e. The third-order valence-electron chi connectivity index (χ3n) is 5.21. The van der Waals surface area contributed by atoms with Crippen molar-refractivity contribution in [1.29, 1.82) is 0 Å². The van der Waals surface area contributed by atoms with Gasteiger partial charge in [0, 0.05) is 32.7 Å². The molecule has 4 heteroatoms. The van der Waals surface area contributed by atoms with E-state index < -0.39 is 0 Å². The molecule has 3 rings (SSSR count). The number of carbonyl (C=O) groups is 1. The van der Waals surface area contributed by atoms with Gasteiger partial charge < -0.3 is 4.90 Å². The number of hydrogen-bond donors (Lipinski definition) is 0. The molecule has 0 N–H and O–H groups in total. The standard InChI is InChI=1S/C23H29ClN2O/c1-23(2,3)19-11-9-18(10-12-19)17-25-13-6-14-26(16-15-25)22(27)20-7-4-5-8-21(20)24/h4-5,7-12H,6,13-17H2,1-3H3. The maximum absolute atomic E-state index is 12.8. The molecule has 1 amide bonds. The molecule has 1 fully saturated rings. The normalized spacial score (nSPS) is 16.2. The minimum atomic E-state index is 0.0389. The molecule has 0 saturated carbocycles. The first-order chi connectivity index (χ1) is 12.8. The van der Waals surface area contributed by atoms with Crippen molar-refractivity contribution >= 4 is 17.5 Å². The molecule has 0 unspecified atom stereocenters. The van der Waals surface area contributed by atoms with Gasteiger partial charge in [0.15, 0.2) is 0 Å². The maximum Gasteiger partial charge on any atom is 0.255 e. The Kier molecular flexibility index (Phi) is 6.23. The number of halogens is 1. The highest BCUT2D eigenvalue weighted by molar-refractivity contribution is 6.33. The molecule has 2 aromatic rings. The molecule has 0 bridgehead atoms. The highest BCUT2D eigenvalue weighted by Gasteiger charge is 2.22. The van der Waals surface area contributed by atoms with Crippen molar-refractivity contribution in [2.45, 2.75) is 39.2 Å². The quantitative estimate of drug-likeness (QED) is 0.744. The lowest BCUT2D eigenvalue weighted by Gasteiger charge is -2.23. The Hall–Kier alpha value is -1.84. The second kappa shape index (κ2) is 8.45. The smallest absolute Gasteiger partial charge is 0.255 e. The molecule has 0 radical (unpaired) electrons. The van der Waals surface area contributed by atoms with Crippen LogP contribution in [0.25, 0.3) is 0 Å². The zero-order valence-electron chi connectivity index (χ0n) is 16.5. The van der Waals surface area contributed by atoms with Crippen molar-refractivity contribution in [2.75, 3.05) is 26.2 Å². The van der Waals surface area contributed by atoms with Gasteiger partial charge in [-0.05, 0) is 35.1 Å². The summed E-state index contributed by atoms with van der Waals surface area (Å²) in [6, 6.07) is 16.3. The van der Waals surface area contributed by atoms with Crippen LogP contribution in [-0.2, 0) is 12.0 Å². The summed E-state index contributed by atoms with van der Waals surface area (Å²) in [5, 5.41) is 0.530. The lowest BCUT2D eigenvalue weighted by Crippen LogP contribution is -2.35. The molecular formula is C23H29ClN2O. The van der Waals surface area contributed by atoms with Crippen LogP contribution in [0.3, 0.4) is 0 Å². The third-order valence-corrected chi connectivity index (χ3v) is 5.54. The molecule has 1 aliphatic heterocycles. The average Bonchev–Trinajstić information content (AvgIpc) is 2.87. The van der Waals surface area contributed by atoms with Crippen molar-refractivity contribution in [1.82, 2.24) is 9.80 Å². The van der Waals surface area contributed by atoms with E-state index in [0.717, 1.165) is 39.1 Å². The fraction of sp³-hybridized carbons (Fsp3) is 0.435. The van der Waals surface area contributed by atoms with E-state index in [-0.39, 0.29) is 11.3 Å². The van der Waals surface area contributed by atoms with E-state index in [9.17, 15) is 4.79 Å². The van der Waals surface area contributed by atoms with Gasteiger partial charge in [0.05, 0.1) is 10.6 Å². The van der Waals surface area contributed by atoms with E-state index in [1.807, 2.05) is 23.1 Å². The second-order valence-corrected chi connectivity index (χ2v) is 8.76. The first-order valence-electron chi connectivity index (χ1n) is 9.70. The van der Waals surface area contributed by atoms with Gasteiger partial charge in [-0.1, -0.05) is 68.8 Å². The minimum absolute atomic E-state index is 0.0389. The first kappa shape index (κ1) is 19.9. The van der Waals surface area contributed by atoms with Crippen molar-refractivity contribution in [3.05, 3.63) is 70.2 Å². The fourth-order valence-corrected chi connectivity index (χ4v) is 3.72. The highest BCUT2D eigenvalue weighted by atomic mass is 35.5. The van der Waals surface area contributed by atoms with Crippen LogP contribution in [-0.4, -0.2) is 41.9 Å². The van der Waals surface area contributed by atoms with Gasteiger partial charge >= 0.3 is 0 Å². The number of nitrogens with zero attached hydrogens (tertiary/aromatic N) is 2. The third kappa shape index (κ3) is 5.12. The summed E-state index contributed by atoms with van der Waals surface area (Å²) in [4.78, 5) is 17.2. The summed E-state index contributed by atoms with van der Waals surface area (Å²) in [6.45, 7) is 11.1. The Morgan fingerprint density at radius 1 is 0.963 bits per heavy atom. The van der Waals surface area contributed by atoms with E-state index in [4.69, 9.17) is 11.6 Å². The number of benzene rings is 2. The summed E-state index contributed by atoms with van der Waals surface area (Å²) < 4.78 is 0. The van der Waals surface area contributed by atoms with Crippen LogP contribution in [0.1, 0.15) is 48.7 Å². The topological polar surface area (TPSA) is 23.6 Å². The molecule has 144 valence electrons. The van der Waals surface area contributed by atoms with Gasteiger partial charge in [0.2, 0.25) is 0 Å². The van der Waals surface area contributed by atoms with Gasteiger partial charge in [0.1, 0.15) is 0 Å². The van der Waals surface area contributed by atoms with Crippen LogP contribution < -0.4 is 0 Å². The molecule has 3 nitrogen and oxygen atoms in total. The van der Waals surface area contributed by atoms with Gasteiger partial charge in [-0.15, -0.1) is 0 Å². The molecule has 1 heterocycles. The molecule has 0 atom stereocenters. The molecule has 1 aliphatic rings. The van der Waals surface area contributed by atoms with Crippen LogP contribution in [0.2, 0.25) is 5.02 Å². The van der Waals surface area contributed by atoms with Crippen molar-refractivity contribution < 1.29 is 4.79 Å². The number of hydrogen-bond acceptors (Lipinski definition) is 2. The monoisotopic (exact) mass is 384 g/mol. The van der Waals surface area contributed by atoms with Crippen LogP contribution >= 0.6 is 11.6 Å². The zero-order valence-corrected chi connectivity index (χ0v) is 17.3. The summed E-state index contributed by atoms with van der Waals surface area (Å²) in [7, 11) is 0. The predicted octanol–water partition coefficient (Wildman–Crippen LogP) is 4.99. The lowest BCUT2D eigenvalue weighted by molar-refractivity contribution is 0.0761. The van der Waals surface area contributed by atoms with Crippen LogP contribution in [0, 0.1) is 0 Å². The van der Waals surface area contributed by atoms with Crippen molar-refractivity contribution in [3.8, 4) is 0 Å². The summed E-state index contributed by atoms with van der Waals surface area (Å²) >= 11 is 6.20. The predicted molar refractivity (Wildman–Crippen MR) is 112 cm³/mol. The second-order valence-electron chi connectivity index (χ2n) is 8.35. The Labute approximate surface area is 167 Å². The fourth-order valence-electron chi connectivity index (χ4n) is 3.51. The number of amides is 1. The molecule has 27 heavy (non-hydrogen) atoms. The van der Waals surface area contributed by atoms with Crippen LogP contribution in [0.15, 0.2) is 48.5 Å². The number of rotatable bonds is 3. The van der Waals surface area contributed by atoms with E-state index in [1.54, 1.807) is 6.07 Å². The summed E-state index contributed by atoms with van der Waals surface area (Å²) in [5.74, 6) is 0.0389. The molecule has 1 saturated heterocycles. The lowest BCUT2D eigenvalue weighted by atomic mass is 9.87. The van der Waals surface area contributed by atoms with Gasteiger partial charge in [-0.25, -0.2) is 0 Å². The maximum atomic E-state index is 12.8. The van der Waals surface area contributed by atoms with E-state index in [0.29, 0.717) is 10.6 Å². The van der Waals surface area contributed by atoms with E-state index >= 15 is 0 Å². The van der Waals surface area contributed by atoms with Gasteiger partial charge in [0.25, 0.3) is 5.91 Å². The van der Waals surface area contributed by atoms with E-state index in [2.05, 4.69) is 49.9 Å². The van der Waals surface area contributed by atoms with Crippen LogP contribution in [0.5, 0.6) is 0 Å². The SMILES string of the molecule is CC(C)(C)c1ccc(CN2CCCN(C(=O)c3ccccc3Cl)CC2)cc1. The Balaban J connectivity index is 1.60. The highest BCUT2D eigenvalue weighted by Crippen LogP contribution is 2.23. The summed E-state index contributed by atoms with van der Waals surface area (Å²) in [5.41, 5.74) is 3.47. The summed E-state index contributed by atoms with van der Waals surface area (Å²) in [6.07, 6.45) is 0.982. The Morgan fingerprint density at radius 3 is 2.33 bits per heavy atom. The van der Waals surface area contributed by atoms with Crippen molar-refractivity contribution in [3.63, 3.8) is 0 Å². The first-order valence-corrected chi connectivity index (χ1v) is 10.1. The molecule has 0 aromatic heterocycles. The van der Waals surface area contributed by atoms with Crippen molar-refractivity contribution in [2.24, 2.45) is 0 Å². The van der Waals surface area contributed by atoms with E-state index in [1.165, 1.54) is 11.1 Å². The Bertz CT molecular complexity index is 780. The molecule has 2 aromatic carbocycles. The molecule has 0 spiro atoms. The number of carbonyl (C=O) groups excluding carboxylic acids is 1. The van der Waals surface area contributed by atoms with Crippen LogP contribution in [0.4, 0.5) is 0 Å². The van der Waals surface area contributed by atoms with Gasteiger partial charge in [-0.3, -0.25) is 9.69 Å². The molecule has 0 aliphatic carbocycles.